The van der Waals surface area contributed by atoms with Gasteiger partial charge in [0.2, 0.25) is 5.95 Å². The standard InChI is InChI=1S/C31H32FN7O4/c1-18-25(32)22-15-20(7-8-21(22)28(41)42-18)34-30-33-16-23(26(36-30)35-24(17-40)19-5-3-2-4-6-19)27-37-29(38-43-27)31-9-12-39(13-10-31)14-11-31/h2-8,15-16,18,24-25,40H,9-14,17H2,1H3,(H2,33,34,35,36)/t18-,24+,25-/m0/s1. The molecule has 3 atom stereocenters. The van der Waals surface area contributed by atoms with Gasteiger partial charge in [0.05, 0.1) is 18.2 Å². The lowest BCUT2D eigenvalue weighted by molar-refractivity contribution is 0.00405. The predicted molar refractivity (Wildman–Crippen MR) is 156 cm³/mol. The van der Waals surface area contributed by atoms with E-state index in [0.717, 1.165) is 44.5 Å². The molecule has 4 aliphatic rings. The first kappa shape index (κ1) is 27.4. The minimum atomic E-state index is -1.45. The van der Waals surface area contributed by atoms with Gasteiger partial charge < -0.3 is 29.9 Å². The molecule has 0 spiro atoms. The Hall–Kier alpha value is -4.42. The summed E-state index contributed by atoms with van der Waals surface area (Å²) in [7, 11) is 0. The molecule has 0 aliphatic carbocycles. The van der Waals surface area contributed by atoms with Crippen molar-refractivity contribution in [3.63, 3.8) is 0 Å². The van der Waals surface area contributed by atoms with Crippen molar-refractivity contribution in [1.82, 2.24) is 25.0 Å². The maximum absolute atomic E-state index is 14.9. The minimum absolute atomic E-state index is 0.0885. The van der Waals surface area contributed by atoms with Crippen molar-refractivity contribution in [3.8, 4) is 11.5 Å². The van der Waals surface area contributed by atoms with E-state index in [9.17, 15) is 14.3 Å². The first-order valence-electron chi connectivity index (χ1n) is 14.5. The van der Waals surface area contributed by atoms with Gasteiger partial charge >= 0.3 is 5.97 Å². The third kappa shape index (κ3) is 5.10. The maximum Gasteiger partial charge on any atom is 0.338 e. The molecule has 222 valence electrons. The second-order valence-corrected chi connectivity index (χ2v) is 11.5. The number of nitrogens with one attached hydrogen (secondary N) is 2. The van der Waals surface area contributed by atoms with Crippen molar-refractivity contribution >= 4 is 23.4 Å². The third-order valence-corrected chi connectivity index (χ3v) is 8.86. The highest BCUT2D eigenvalue weighted by atomic mass is 19.1. The smallest absolute Gasteiger partial charge is 0.338 e. The Morgan fingerprint density at radius 2 is 1.86 bits per heavy atom. The van der Waals surface area contributed by atoms with E-state index in [4.69, 9.17) is 19.2 Å². The van der Waals surface area contributed by atoms with Crippen LogP contribution in [0, 0.1) is 0 Å². The van der Waals surface area contributed by atoms with Gasteiger partial charge in [0.25, 0.3) is 5.89 Å². The number of ether oxygens (including phenoxy) is 1. The highest BCUT2D eigenvalue weighted by molar-refractivity contribution is 5.93. The monoisotopic (exact) mass is 585 g/mol. The molecule has 0 radical (unpaired) electrons. The van der Waals surface area contributed by atoms with Crippen molar-refractivity contribution in [2.75, 3.05) is 36.9 Å². The second kappa shape index (κ2) is 11.0. The molecule has 11 nitrogen and oxygen atoms in total. The summed E-state index contributed by atoms with van der Waals surface area (Å²) < 4.78 is 25.8. The number of alkyl halides is 1. The fourth-order valence-electron chi connectivity index (χ4n) is 6.23. The number of aliphatic hydroxyl groups is 1. The Labute approximate surface area is 247 Å². The number of fused-ring (bicyclic) bond motifs is 4. The van der Waals surface area contributed by atoms with Crippen LogP contribution in [-0.2, 0) is 10.2 Å². The molecule has 0 saturated carbocycles. The molecule has 2 aromatic carbocycles. The molecule has 12 heteroatoms. The summed E-state index contributed by atoms with van der Waals surface area (Å²) in [6.07, 6.45) is 2.24. The van der Waals surface area contributed by atoms with Crippen LogP contribution in [0.1, 0.15) is 65.7 Å². The molecule has 3 saturated heterocycles. The summed E-state index contributed by atoms with van der Waals surface area (Å²) in [6, 6.07) is 13.8. The zero-order chi connectivity index (χ0) is 29.6. The fourth-order valence-corrected chi connectivity index (χ4v) is 6.23. The average molecular weight is 586 g/mol. The summed E-state index contributed by atoms with van der Waals surface area (Å²) in [6.45, 7) is 4.42. The number of carbonyl (C=O) groups is 1. The SMILES string of the molecule is C[C@@H]1OC(=O)c2ccc(Nc3ncc(-c4nc(C56CCN(CC5)CC6)no4)c(N[C@H](CO)c4ccccc4)n3)cc2[C@H]1F. The second-order valence-electron chi connectivity index (χ2n) is 11.5. The Bertz CT molecular complexity index is 1630. The minimum Gasteiger partial charge on any atom is -0.456 e. The molecule has 4 aromatic rings. The summed E-state index contributed by atoms with van der Waals surface area (Å²) in [5, 5.41) is 21.1. The van der Waals surface area contributed by atoms with Crippen LogP contribution in [0.5, 0.6) is 0 Å². The molecule has 4 aliphatic heterocycles. The number of aliphatic hydroxyl groups excluding tert-OH is 1. The first-order valence-corrected chi connectivity index (χ1v) is 14.5. The van der Waals surface area contributed by atoms with Gasteiger partial charge in [0, 0.05) is 22.9 Å². The number of anilines is 3. The van der Waals surface area contributed by atoms with Crippen molar-refractivity contribution in [2.24, 2.45) is 0 Å². The zero-order valence-electron chi connectivity index (χ0n) is 23.7. The van der Waals surface area contributed by atoms with Gasteiger partial charge in [-0.3, -0.25) is 0 Å². The molecular formula is C31H32FN7O4. The summed E-state index contributed by atoms with van der Waals surface area (Å²) in [5.74, 6) is 1.04. The Morgan fingerprint density at radius 1 is 1.09 bits per heavy atom. The van der Waals surface area contributed by atoms with Crippen LogP contribution in [0.25, 0.3) is 11.5 Å². The largest absolute Gasteiger partial charge is 0.456 e. The highest BCUT2D eigenvalue weighted by Gasteiger charge is 2.44. The van der Waals surface area contributed by atoms with Crippen LogP contribution in [-0.4, -0.2) is 68.4 Å². The van der Waals surface area contributed by atoms with Gasteiger partial charge in [-0.05, 0) is 69.6 Å². The summed E-state index contributed by atoms with van der Waals surface area (Å²) in [4.78, 5) is 28.8. The van der Waals surface area contributed by atoms with Crippen LogP contribution in [0.2, 0.25) is 0 Å². The number of halogens is 1. The molecular weight excluding hydrogens is 553 g/mol. The molecule has 2 aromatic heterocycles. The van der Waals surface area contributed by atoms with E-state index in [2.05, 4.69) is 25.7 Å². The highest BCUT2D eigenvalue weighted by Crippen LogP contribution is 2.42. The molecule has 2 bridgehead atoms. The Morgan fingerprint density at radius 3 is 2.60 bits per heavy atom. The van der Waals surface area contributed by atoms with Gasteiger partial charge in [-0.15, -0.1) is 0 Å². The van der Waals surface area contributed by atoms with E-state index in [1.165, 1.54) is 13.0 Å². The van der Waals surface area contributed by atoms with Crippen LogP contribution < -0.4 is 10.6 Å². The number of rotatable bonds is 8. The molecule has 3 fully saturated rings. The number of hydrogen-bond donors (Lipinski definition) is 3. The lowest BCUT2D eigenvalue weighted by Gasteiger charge is -2.46. The third-order valence-electron chi connectivity index (χ3n) is 8.86. The number of piperidine rings is 3. The summed E-state index contributed by atoms with van der Waals surface area (Å²) in [5.41, 5.74) is 2.22. The lowest BCUT2D eigenvalue weighted by atomic mass is 9.71. The van der Waals surface area contributed by atoms with E-state index >= 15 is 0 Å². The Balaban J connectivity index is 1.23. The molecule has 8 rings (SSSR count). The van der Waals surface area contributed by atoms with E-state index in [1.54, 1.807) is 18.3 Å². The van der Waals surface area contributed by atoms with Crippen molar-refractivity contribution in [2.45, 2.75) is 49.9 Å². The van der Waals surface area contributed by atoms with Gasteiger partial charge in [-0.2, -0.15) is 9.97 Å². The van der Waals surface area contributed by atoms with Gasteiger partial charge in [0.1, 0.15) is 17.5 Å². The van der Waals surface area contributed by atoms with E-state index < -0.39 is 24.3 Å². The van der Waals surface area contributed by atoms with Crippen LogP contribution in [0.3, 0.4) is 0 Å². The number of hydrogen-bond acceptors (Lipinski definition) is 11. The molecule has 6 heterocycles. The van der Waals surface area contributed by atoms with Crippen molar-refractivity contribution in [3.05, 3.63) is 77.2 Å². The predicted octanol–water partition coefficient (Wildman–Crippen LogP) is 4.72. The lowest BCUT2D eigenvalue weighted by Crippen LogP contribution is -2.51. The first-order chi connectivity index (χ1) is 20.9. The fraction of sp³-hybridized carbons (Fsp3) is 0.387. The topological polar surface area (TPSA) is 139 Å². The number of cyclic esters (lactones) is 1. The van der Waals surface area contributed by atoms with Crippen molar-refractivity contribution < 1.29 is 23.6 Å². The number of carbonyl (C=O) groups excluding carboxylic acids is 1. The number of esters is 1. The molecule has 0 unspecified atom stereocenters. The molecule has 43 heavy (non-hydrogen) atoms. The maximum atomic E-state index is 14.9. The number of benzene rings is 2. The van der Waals surface area contributed by atoms with Crippen LogP contribution in [0.15, 0.2) is 59.3 Å². The number of nitrogens with zero attached hydrogens (tertiary/aromatic N) is 5. The summed E-state index contributed by atoms with van der Waals surface area (Å²) >= 11 is 0. The average Bonchev–Trinajstić information content (AvgIpc) is 3.55. The van der Waals surface area contributed by atoms with Gasteiger partial charge in [0.15, 0.2) is 12.0 Å². The van der Waals surface area contributed by atoms with Crippen LogP contribution in [0.4, 0.5) is 21.8 Å². The van der Waals surface area contributed by atoms with Gasteiger partial charge in [-0.1, -0.05) is 35.5 Å². The quantitative estimate of drug-likeness (QED) is 0.248. The number of aromatic nitrogens is 4. The normalized spacial score (nSPS) is 25.1. The van der Waals surface area contributed by atoms with Gasteiger partial charge in [-0.25, -0.2) is 14.2 Å². The molecule has 0 amide bonds. The van der Waals surface area contributed by atoms with E-state index in [0.29, 0.717) is 22.9 Å². The van der Waals surface area contributed by atoms with E-state index in [-0.39, 0.29) is 35.0 Å². The molecule has 3 N–H and O–H groups in total. The van der Waals surface area contributed by atoms with Crippen molar-refractivity contribution in [1.29, 1.82) is 0 Å². The zero-order valence-corrected chi connectivity index (χ0v) is 23.7. The van der Waals surface area contributed by atoms with Crippen LogP contribution >= 0.6 is 0 Å². The Kier molecular flexibility index (Phi) is 7.02. The van der Waals surface area contributed by atoms with E-state index in [1.807, 2.05) is 30.3 Å².